The Balaban J connectivity index is 0.000000169. The fourth-order valence-electron chi connectivity index (χ4n) is 20.5. The number of nitrogens with two attached hydrogens (primary N) is 2. The number of cyclic esters (lactones) is 4. The van der Waals surface area contributed by atoms with E-state index in [1.165, 1.54) is 115 Å². The largest absolute Gasteiger partial charge is 0.478 e. The standard InChI is InChI=1S/C51H57N3O8.C32H44N4O2.C16H6O6/c1-28(55)39-21-30(13-17-38(39)46(57)58)31-12-16-35(42(22-31)47(59)60)43(56)20-29-11-15-36-40(19-29)44(32-24-48(2,3)53(61)49(4,5)25-32)37-18-14-34(52-10)23-41(37)45(36)33-26-50(6,7)54(62)51(8,9)27-33;1-29(2)15-19(16-30(3,4)35(29)37)27-23-11-9-22(34)14-26(23)28(24-12-10-21(33)13-25(24)27)20-17-31(5,6)36(38)32(7,8)18-20;17-13-9-3-1-7(5-11(9)15(19)21-13)8-2-4-10-12(6-8)16(20)22-14(10)18/h11-19,21-23,52,61-62H,20,24-27H2,1-10H3,(H,57,58)(H,59,60);9-14,37-38H,15-18,33-34H2,1-8H3;1-6H. The molecule has 122 heavy (non-hydrogen) atoms. The van der Waals surface area contributed by atoms with Crippen molar-refractivity contribution in [3.05, 3.63) is 217 Å². The molecule has 6 aliphatic heterocycles. The van der Waals surface area contributed by atoms with E-state index in [4.69, 9.17) is 11.5 Å². The zero-order valence-corrected chi connectivity index (χ0v) is 72.4. The van der Waals surface area contributed by atoms with Crippen molar-refractivity contribution in [1.82, 2.24) is 20.3 Å². The zero-order valence-electron chi connectivity index (χ0n) is 72.4. The van der Waals surface area contributed by atoms with Crippen molar-refractivity contribution in [2.24, 2.45) is 0 Å². The minimum Gasteiger partial charge on any atom is -0.478 e. The Hall–Kier alpha value is -11.6. The van der Waals surface area contributed by atoms with Gasteiger partial charge in [-0.05, 0) is 346 Å². The second kappa shape index (κ2) is 30.7. The number of piperidine rings is 4. The van der Waals surface area contributed by atoms with E-state index in [1.54, 1.807) is 18.2 Å². The van der Waals surface area contributed by atoms with Gasteiger partial charge >= 0.3 is 35.8 Å². The molecule has 11 N–H and O–H groups in total. The van der Waals surface area contributed by atoms with Crippen molar-refractivity contribution >= 4 is 130 Å². The molecule has 10 aromatic carbocycles. The fraction of sp³-hybridized carbons (Fsp3) is 0.354. The Kier molecular flexibility index (Phi) is 21.9. The molecule has 23 nitrogen and oxygen atoms in total. The summed E-state index contributed by atoms with van der Waals surface area (Å²) < 4.78 is 9.06. The third kappa shape index (κ3) is 15.7. The van der Waals surface area contributed by atoms with Crippen molar-refractivity contribution in [2.75, 3.05) is 23.8 Å². The zero-order chi connectivity index (χ0) is 88.9. The summed E-state index contributed by atoms with van der Waals surface area (Å²) in [4.78, 5) is 97.1. The van der Waals surface area contributed by atoms with Crippen LogP contribution in [0.3, 0.4) is 0 Å². The predicted molar refractivity (Wildman–Crippen MR) is 473 cm³/mol. The Labute approximate surface area is 707 Å². The summed E-state index contributed by atoms with van der Waals surface area (Å²) in [6.07, 6.45) is 5.29. The lowest BCUT2D eigenvalue weighted by Gasteiger charge is -2.50. The number of anilines is 3. The molecule has 0 saturated carbocycles. The van der Waals surface area contributed by atoms with E-state index in [9.17, 15) is 69.4 Å². The second-order valence-corrected chi connectivity index (χ2v) is 38.7. The first-order chi connectivity index (χ1) is 56.8. The lowest BCUT2D eigenvalue weighted by molar-refractivity contribution is -0.228. The first-order valence-electron chi connectivity index (χ1n) is 41.1. The minimum atomic E-state index is -1.30. The van der Waals surface area contributed by atoms with E-state index in [1.807, 2.05) is 52.9 Å². The third-order valence-corrected chi connectivity index (χ3v) is 25.3. The fourth-order valence-corrected chi connectivity index (χ4v) is 20.5. The van der Waals surface area contributed by atoms with Crippen molar-refractivity contribution in [3.63, 3.8) is 0 Å². The van der Waals surface area contributed by atoms with Gasteiger partial charge < -0.3 is 57.3 Å². The van der Waals surface area contributed by atoms with Crippen LogP contribution in [-0.2, 0) is 15.9 Å². The number of carbonyl (C=O) groups is 8. The summed E-state index contributed by atoms with van der Waals surface area (Å²) in [5.74, 6) is -6.11. The molecular weight excluding hydrogens is 1540 g/mol. The van der Waals surface area contributed by atoms with Crippen LogP contribution in [0, 0.1) is 0 Å². The molecule has 0 radical (unpaired) electrons. The Bertz CT molecular complexity index is 6250. The number of carboxylic acids is 2. The lowest BCUT2D eigenvalue weighted by Crippen LogP contribution is -2.57. The number of rotatable bonds is 9. The number of aromatic carboxylic acids is 2. The van der Waals surface area contributed by atoms with Crippen molar-refractivity contribution in [3.8, 4) is 22.3 Å². The molecular formula is C99H107N7O16. The number of hydroxylamine groups is 8. The second-order valence-electron chi connectivity index (χ2n) is 38.7. The molecule has 4 saturated heterocycles. The Morgan fingerprint density at radius 3 is 0.984 bits per heavy atom. The molecule has 0 spiro atoms. The molecule has 634 valence electrons. The van der Waals surface area contributed by atoms with Gasteiger partial charge in [0.2, 0.25) is 0 Å². The summed E-state index contributed by atoms with van der Waals surface area (Å²) in [7, 11) is 1.90. The van der Waals surface area contributed by atoms with Gasteiger partial charge in [-0.15, -0.1) is 0 Å². The number of fused-ring (bicyclic) bond motifs is 6. The average molecular weight is 1650 g/mol. The van der Waals surface area contributed by atoms with Gasteiger partial charge in [0, 0.05) is 86.0 Å². The number of nitrogens with one attached hydrogen (secondary N) is 1. The van der Waals surface area contributed by atoms with Gasteiger partial charge in [-0.3, -0.25) is 9.59 Å². The van der Waals surface area contributed by atoms with Gasteiger partial charge in [-0.25, -0.2) is 28.8 Å². The first kappa shape index (κ1) is 86.7. The number of esters is 4. The molecule has 10 aromatic rings. The predicted octanol–water partition coefficient (Wildman–Crippen LogP) is 16.6. The molecule has 6 heterocycles. The van der Waals surface area contributed by atoms with Crippen LogP contribution >= 0.6 is 0 Å². The number of ketones is 2. The van der Waals surface area contributed by atoms with Gasteiger partial charge in [-0.1, -0.05) is 83.0 Å². The molecule has 0 bridgehead atoms. The molecule has 0 aliphatic carbocycles. The van der Waals surface area contributed by atoms with Crippen molar-refractivity contribution < 1.29 is 78.9 Å². The highest BCUT2D eigenvalue weighted by Gasteiger charge is 2.48. The summed E-state index contributed by atoms with van der Waals surface area (Å²) in [6.45, 7) is 34.4. The number of hydrogen-bond acceptors (Lipinski definition) is 21. The van der Waals surface area contributed by atoms with E-state index < -0.39 is 91.7 Å². The van der Waals surface area contributed by atoms with Crippen LogP contribution < -0.4 is 37.7 Å². The molecule has 0 unspecified atom stereocenters. The number of ether oxygens (including phenoxy) is 2. The summed E-state index contributed by atoms with van der Waals surface area (Å²) >= 11 is 0. The first-order valence-corrected chi connectivity index (χ1v) is 41.1. The normalized spacial score (nSPS) is 19.5. The highest BCUT2D eigenvalue weighted by molar-refractivity contribution is 6.17. The van der Waals surface area contributed by atoms with Crippen LogP contribution in [0.15, 0.2) is 146 Å². The summed E-state index contributed by atoms with van der Waals surface area (Å²) in [5, 5.41) is 87.3. The SMILES string of the molecule is CC1(C)CC(=c2c3ccc(N)cc3c(=C3CC(C)(C)N(O)C(C)(C)C3)c3ccc(N)cc23)CC(C)(C)N1O.CNc1ccc2c(=C3CC(C)(C)N(O)C(C)(C)C3)c3cc(CC(=O)c4ccc(-c5ccc(C(=O)O)c(C(C)=O)c5)cc4C(=O)O)ccc3c(=C3CC(C)(C)N(O)C(C)(C)C3)c2c1.O=C1OC(=O)c2cc(-c3ccc4c(c3)C(=O)OC4=O)ccc21. The number of Topliss-reactive ketones (excluding diaryl/α,β-unsaturated/α-hetero) is 2. The van der Waals surface area contributed by atoms with Crippen molar-refractivity contribution in [2.45, 2.75) is 220 Å². The van der Waals surface area contributed by atoms with Gasteiger partial charge in [0.05, 0.1) is 33.4 Å². The molecule has 0 aromatic heterocycles. The topological polar surface area (TPSA) is 353 Å². The van der Waals surface area contributed by atoms with Crippen LogP contribution in [0.4, 0.5) is 17.1 Å². The van der Waals surface area contributed by atoms with Gasteiger partial charge in [0.25, 0.3) is 0 Å². The van der Waals surface area contributed by atoms with Gasteiger partial charge in [0.1, 0.15) is 0 Å². The number of benzene rings is 10. The Morgan fingerprint density at radius 2 is 0.639 bits per heavy atom. The molecule has 4 fully saturated rings. The van der Waals surface area contributed by atoms with E-state index in [-0.39, 0.29) is 50.9 Å². The highest BCUT2D eigenvalue weighted by Crippen LogP contribution is 2.46. The maximum atomic E-state index is 14.3. The van der Waals surface area contributed by atoms with E-state index >= 15 is 0 Å². The molecule has 0 atom stereocenters. The summed E-state index contributed by atoms with van der Waals surface area (Å²) in [5.41, 5.74) is 19.6. The highest BCUT2D eigenvalue weighted by atomic mass is 16.6. The maximum Gasteiger partial charge on any atom is 0.346 e. The van der Waals surface area contributed by atoms with E-state index in [0.29, 0.717) is 53.5 Å². The lowest BCUT2D eigenvalue weighted by atomic mass is 9.75. The van der Waals surface area contributed by atoms with Crippen LogP contribution in [-0.4, -0.2) is 150 Å². The smallest absolute Gasteiger partial charge is 0.346 e. The molecule has 0 amide bonds. The van der Waals surface area contributed by atoms with Crippen molar-refractivity contribution in [1.29, 1.82) is 0 Å². The summed E-state index contributed by atoms with van der Waals surface area (Å²) in [6, 6.07) is 43.1. The molecule has 23 heteroatoms. The van der Waals surface area contributed by atoms with E-state index in [0.717, 1.165) is 96.3 Å². The molecule has 6 aliphatic rings. The van der Waals surface area contributed by atoms with Crippen LogP contribution in [0.5, 0.6) is 0 Å². The number of carbonyl (C=O) groups excluding carboxylic acids is 6. The number of hydrogen-bond donors (Lipinski definition) is 9. The van der Waals surface area contributed by atoms with Crippen LogP contribution in [0.25, 0.3) is 87.6 Å². The monoisotopic (exact) mass is 1650 g/mol. The van der Waals surface area contributed by atoms with E-state index in [2.05, 4.69) is 152 Å². The molecule has 16 rings (SSSR count). The van der Waals surface area contributed by atoms with Crippen LogP contribution in [0.1, 0.15) is 257 Å². The minimum absolute atomic E-state index is 0.00186. The number of carboxylic acid groups (broad SMARTS) is 2. The van der Waals surface area contributed by atoms with Gasteiger partial charge in [-0.2, -0.15) is 20.3 Å². The number of nitrogens with zero attached hydrogens (tertiary/aromatic N) is 4. The quantitative estimate of drug-likeness (QED) is 0.0213. The number of nitrogen functional groups attached to an aromatic ring is 2. The van der Waals surface area contributed by atoms with Crippen LogP contribution in [0.2, 0.25) is 0 Å². The average Bonchev–Trinajstić information content (AvgIpc) is 0.818. The Morgan fingerprint density at radius 1 is 0.344 bits per heavy atom. The van der Waals surface area contributed by atoms with Gasteiger partial charge in [0.15, 0.2) is 11.6 Å². The third-order valence-electron chi connectivity index (χ3n) is 25.3. The maximum absolute atomic E-state index is 14.3.